The second-order valence-corrected chi connectivity index (χ2v) is 19.9. The molecule has 0 fully saturated rings. The average molecular weight is 954 g/mol. The van der Waals surface area contributed by atoms with Crippen LogP contribution in [0.2, 0.25) is 0 Å². The quantitative estimate of drug-likeness (QED) is 0.0262. The van der Waals surface area contributed by atoms with E-state index in [1.807, 2.05) is 6.08 Å². The number of allylic oxidation sites excluding steroid dienone is 8. The van der Waals surface area contributed by atoms with Crippen molar-refractivity contribution in [3.8, 4) is 0 Å². The van der Waals surface area contributed by atoms with E-state index in [1.54, 1.807) is 0 Å². The summed E-state index contributed by atoms with van der Waals surface area (Å²) in [4.78, 5) is 38.0. The van der Waals surface area contributed by atoms with Gasteiger partial charge < -0.3 is 14.2 Å². The summed E-state index contributed by atoms with van der Waals surface area (Å²) >= 11 is 0. The van der Waals surface area contributed by atoms with E-state index in [9.17, 15) is 14.4 Å². The first-order valence-electron chi connectivity index (χ1n) is 29.6. The average Bonchev–Trinajstić information content (AvgIpc) is 3.34. The van der Waals surface area contributed by atoms with Gasteiger partial charge in [0.25, 0.3) is 0 Å². The number of carbonyl (C=O) groups excluding carboxylic acids is 3. The molecule has 0 N–H and O–H groups in total. The first-order valence-corrected chi connectivity index (χ1v) is 29.6. The van der Waals surface area contributed by atoms with E-state index in [2.05, 4.69) is 63.3 Å². The fourth-order valence-corrected chi connectivity index (χ4v) is 8.69. The van der Waals surface area contributed by atoms with E-state index in [4.69, 9.17) is 14.2 Å². The molecule has 6 nitrogen and oxygen atoms in total. The predicted octanol–water partition coefficient (Wildman–Crippen LogP) is 19.8. The lowest BCUT2D eigenvalue weighted by Gasteiger charge is -2.18. The number of ether oxygens (including phenoxy) is 3. The number of rotatable bonds is 54. The van der Waals surface area contributed by atoms with Gasteiger partial charge in [-0.3, -0.25) is 14.4 Å². The molecule has 0 radical (unpaired) electrons. The van der Waals surface area contributed by atoms with Crippen LogP contribution in [-0.4, -0.2) is 37.2 Å². The van der Waals surface area contributed by atoms with Gasteiger partial charge in [0, 0.05) is 19.3 Å². The highest BCUT2D eigenvalue weighted by Crippen LogP contribution is 2.17. The lowest BCUT2D eigenvalue weighted by atomic mass is 10.0. The van der Waals surface area contributed by atoms with Crippen molar-refractivity contribution in [2.24, 2.45) is 0 Å². The topological polar surface area (TPSA) is 78.9 Å². The van der Waals surface area contributed by atoms with Gasteiger partial charge in [-0.1, -0.05) is 294 Å². The van der Waals surface area contributed by atoms with E-state index in [1.165, 1.54) is 199 Å². The molecule has 1 unspecified atom stereocenters. The van der Waals surface area contributed by atoms with Gasteiger partial charge in [0.2, 0.25) is 0 Å². The van der Waals surface area contributed by atoms with Gasteiger partial charge in [0.15, 0.2) is 6.10 Å². The highest BCUT2D eigenvalue weighted by Gasteiger charge is 2.19. The molecule has 0 aromatic carbocycles. The molecule has 0 bridgehead atoms. The summed E-state index contributed by atoms with van der Waals surface area (Å²) in [7, 11) is 0. The van der Waals surface area contributed by atoms with E-state index in [0.29, 0.717) is 19.3 Å². The maximum absolute atomic E-state index is 12.8. The molecule has 0 aliphatic rings. The van der Waals surface area contributed by atoms with Crippen molar-refractivity contribution >= 4 is 17.9 Å². The normalized spacial score (nSPS) is 12.3. The molecule has 0 aliphatic carbocycles. The number of hydrogen-bond donors (Lipinski definition) is 0. The smallest absolute Gasteiger partial charge is 0.306 e. The van der Waals surface area contributed by atoms with Crippen LogP contribution >= 0.6 is 0 Å². The molecule has 0 saturated carbocycles. The van der Waals surface area contributed by atoms with Gasteiger partial charge in [-0.25, -0.2) is 0 Å². The van der Waals surface area contributed by atoms with Crippen molar-refractivity contribution in [2.45, 2.75) is 316 Å². The van der Waals surface area contributed by atoms with Crippen LogP contribution < -0.4 is 0 Å². The number of hydrogen-bond acceptors (Lipinski definition) is 6. The molecule has 396 valence electrons. The summed E-state index contributed by atoms with van der Waals surface area (Å²) in [6, 6.07) is 0. The van der Waals surface area contributed by atoms with Gasteiger partial charge in [0.1, 0.15) is 13.2 Å². The minimum atomic E-state index is -0.806. The molecular weight excluding hydrogens is 841 g/mol. The Bertz CT molecular complexity index is 1190. The van der Waals surface area contributed by atoms with Gasteiger partial charge in [0.05, 0.1) is 0 Å². The Hall–Kier alpha value is -2.63. The molecule has 0 saturated heterocycles. The molecule has 0 aliphatic heterocycles. The zero-order valence-electron chi connectivity index (χ0n) is 45.4. The Balaban J connectivity index is 4.19. The highest BCUT2D eigenvalue weighted by atomic mass is 16.6. The van der Waals surface area contributed by atoms with Crippen LogP contribution in [0.5, 0.6) is 0 Å². The Morgan fingerprint density at radius 3 is 0.868 bits per heavy atom. The first-order chi connectivity index (χ1) is 33.5. The Morgan fingerprint density at radius 2 is 0.574 bits per heavy atom. The summed E-state index contributed by atoms with van der Waals surface area (Å²) in [5.74, 6) is -0.966. The molecule has 0 aromatic rings. The van der Waals surface area contributed by atoms with Crippen LogP contribution in [0.25, 0.3) is 0 Å². The second-order valence-electron chi connectivity index (χ2n) is 19.9. The summed E-state index contributed by atoms with van der Waals surface area (Å²) in [6.07, 6.45) is 70.0. The van der Waals surface area contributed by atoms with Crippen molar-refractivity contribution < 1.29 is 28.6 Å². The van der Waals surface area contributed by atoms with Gasteiger partial charge in [-0.05, 0) is 44.9 Å². The van der Waals surface area contributed by atoms with Crippen LogP contribution in [0.4, 0.5) is 0 Å². The van der Waals surface area contributed by atoms with E-state index in [-0.39, 0.29) is 37.5 Å². The summed E-state index contributed by atoms with van der Waals surface area (Å²) < 4.78 is 16.8. The fourth-order valence-electron chi connectivity index (χ4n) is 8.69. The number of unbranched alkanes of at least 4 members (excludes halogenated alkanes) is 35. The molecule has 0 amide bonds. The van der Waals surface area contributed by atoms with E-state index < -0.39 is 6.10 Å². The standard InChI is InChI=1S/C62H112O6/c1-4-7-10-13-16-19-22-24-25-26-27-28-29-30-31-32-33-34-35-36-38-40-43-46-49-52-55-61(64)67-58-59(57-66-60(63)54-51-48-45-42-39-21-18-15-12-9-6-3)68-62(65)56-53-50-47-44-41-37-23-20-17-14-11-8-5-2/h8,11,17,20,37,41,47,50,59H,4-7,9-10,12-16,18-19,21-36,38-40,42-46,48-49,51-58H2,1-3H3/b11-8-,20-17-,41-37-,50-47-. The van der Waals surface area contributed by atoms with Gasteiger partial charge in [-0.2, -0.15) is 0 Å². The van der Waals surface area contributed by atoms with E-state index in [0.717, 1.165) is 64.2 Å². The molecule has 0 spiro atoms. The Kier molecular flexibility index (Phi) is 54.8. The van der Waals surface area contributed by atoms with Crippen molar-refractivity contribution in [1.82, 2.24) is 0 Å². The lowest BCUT2D eigenvalue weighted by molar-refractivity contribution is -0.166. The second kappa shape index (κ2) is 57.0. The maximum atomic E-state index is 12.8. The number of esters is 3. The minimum absolute atomic E-state index is 0.0975. The van der Waals surface area contributed by atoms with Crippen LogP contribution in [0.15, 0.2) is 48.6 Å². The zero-order valence-corrected chi connectivity index (χ0v) is 45.4. The molecule has 68 heavy (non-hydrogen) atoms. The van der Waals surface area contributed by atoms with Crippen molar-refractivity contribution in [2.75, 3.05) is 13.2 Å². The molecule has 6 heteroatoms. The minimum Gasteiger partial charge on any atom is -0.462 e. The van der Waals surface area contributed by atoms with Crippen molar-refractivity contribution in [1.29, 1.82) is 0 Å². The monoisotopic (exact) mass is 953 g/mol. The van der Waals surface area contributed by atoms with Crippen LogP contribution in [0, 0.1) is 0 Å². The van der Waals surface area contributed by atoms with Crippen molar-refractivity contribution in [3.63, 3.8) is 0 Å². The Morgan fingerprint density at radius 1 is 0.309 bits per heavy atom. The molecule has 1 atom stereocenters. The van der Waals surface area contributed by atoms with Gasteiger partial charge >= 0.3 is 17.9 Å². The fraction of sp³-hybridized carbons (Fsp3) is 0.823. The van der Waals surface area contributed by atoms with Crippen LogP contribution in [-0.2, 0) is 28.6 Å². The number of carbonyl (C=O) groups is 3. The van der Waals surface area contributed by atoms with Crippen LogP contribution in [0.3, 0.4) is 0 Å². The lowest BCUT2D eigenvalue weighted by Crippen LogP contribution is -2.30. The maximum Gasteiger partial charge on any atom is 0.306 e. The highest BCUT2D eigenvalue weighted by molar-refractivity contribution is 5.71. The van der Waals surface area contributed by atoms with Crippen molar-refractivity contribution in [3.05, 3.63) is 48.6 Å². The summed E-state index contributed by atoms with van der Waals surface area (Å²) in [6.45, 7) is 6.49. The first kappa shape index (κ1) is 65.4. The largest absolute Gasteiger partial charge is 0.462 e. The molecule has 0 heterocycles. The third-order valence-corrected chi connectivity index (χ3v) is 13.1. The molecule has 0 aromatic heterocycles. The Labute approximate surface area is 422 Å². The van der Waals surface area contributed by atoms with Crippen LogP contribution in [0.1, 0.15) is 310 Å². The molecule has 0 rings (SSSR count). The predicted molar refractivity (Wildman–Crippen MR) is 293 cm³/mol. The SMILES string of the molecule is CC/C=C\C/C=C\C/C=C\C/C=C\CCC(=O)OC(COC(=O)CCCCCCCCCCCCC)COC(=O)CCCCCCCCCCCCCCCCCCCCCCCCCCCC. The summed E-state index contributed by atoms with van der Waals surface area (Å²) in [5, 5.41) is 0. The molecular formula is C62H112O6. The van der Waals surface area contributed by atoms with Gasteiger partial charge in [-0.15, -0.1) is 0 Å². The third-order valence-electron chi connectivity index (χ3n) is 13.1. The van der Waals surface area contributed by atoms with E-state index >= 15 is 0 Å². The zero-order chi connectivity index (χ0) is 49.3. The third kappa shape index (κ3) is 54.3. The summed E-state index contributed by atoms with van der Waals surface area (Å²) in [5.41, 5.74) is 0.